The molecule has 2 aromatic carbocycles. The lowest BCUT2D eigenvalue weighted by Crippen LogP contribution is -2.60. The van der Waals surface area contributed by atoms with E-state index in [2.05, 4.69) is 36.6 Å². The van der Waals surface area contributed by atoms with Crippen LogP contribution >= 0.6 is 11.6 Å². The minimum Gasteiger partial charge on any atom is -0.489 e. The van der Waals surface area contributed by atoms with Gasteiger partial charge in [-0.3, -0.25) is 19.9 Å². The Morgan fingerprint density at radius 2 is 1.79 bits per heavy atom. The van der Waals surface area contributed by atoms with Crippen molar-refractivity contribution in [3.05, 3.63) is 76.7 Å². The van der Waals surface area contributed by atoms with Crippen LogP contribution in [-0.4, -0.2) is 65.1 Å². The minimum atomic E-state index is -1.03. The smallest absolute Gasteiger partial charge is 0.253 e. The number of halogens is 1. The van der Waals surface area contributed by atoms with Crippen LogP contribution in [0.3, 0.4) is 0 Å². The standard InChI is InChI=1S/C26H32ClN13O3/c27-20-22(36-38-29)32-21(35-37-28)19(31-20)23(41)33-25-34-26(15-40(25)30)10-12-39(13-11-26)24(42)17-6-8-18(9-7-17)43-14-16-4-2-1-3-5-16/h1-9,19,21,31-32H,10-15,30H2,(H2,28,35)(H2,29,36)(H,33,34,41). The Bertz CT molecular complexity index is 1440. The summed E-state index contributed by atoms with van der Waals surface area (Å²) >= 11 is 6.17. The van der Waals surface area contributed by atoms with E-state index < -0.39 is 23.7 Å². The molecular formula is C26H32ClN13O3. The van der Waals surface area contributed by atoms with Gasteiger partial charge < -0.3 is 32.0 Å². The van der Waals surface area contributed by atoms with E-state index in [1.807, 2.05) is 30.3 Å². The summed E-state index contributed by atoms with van der Waals surface area (Å²) < 4.78 is 5.83. The van der Waals surface area contributed by atoms with Crippen molar-refractivity contribution in [2.24, 2.45) is 43.2 Å². The Morgan fingerprint density at radius 3 is 2.47 bits per heavy atom. The van der Waals surface area contributed by atoms with Gasteiger partial charge in [-0.25, -0.2) is 10.8 Å². The fourth-order valence-corrected chi connectivity index (χ4v) is 5.30. The number of hydrogen-bond acceptors (Lipinski definition) is 12. The number of nitrogens with two attached hydrogens (primary N) is 3. The summed E-state index contributed by atoms with van der Waals surface area (Å²) in [7, 11) is 0. The van der Waals surface area contributed by atoms with Crippen LogP contribution in [-0.2, 0) is 11.4 Å². The maximum atomic E-state index is 13.2. The summed E-state index contributed by atoms with van der Waals surface area (Å²) in [4.78, 5) is 32.9. The zero-order valence-electron chi connectivity index (χ0n) is 23.1. The molecule has 3 aliphatic rings. The third-order valence-electron chi connectivity index (χ3n) is 7.37. The predicted molar refractivity (Wildman–Crippen MR) is 156 cm³/mol. The van der Waals surface area contributed by atoms with E-state index in [4.69, 9.17) is 38.9 Å². The molecule has 43 heavy (non-hydrogen) atoms. The highest BCUT2D eigenvalue weighted by Crippen LogP contribution is 2.32. The number of carbonyl (C=O) groups excluding carboxylic acids is 2. The maximum absolute atomic E-state index is 13.2. The molecule has 0 radical (unpaired) electrons. The molecule has 2 atom stereocenters. The van der Waals surface area contributed by atoms with Crippen molar-refractivity contribution in [3.63, 3.8) is 0 Å². The second-order valence-corrected chi connectivity index (χ2v) is 10.6. The zero-order chi connectivity index (χ0) is 30.4. The zero-order valence-corrected chi connectivity index (χ0v) is 23.8. The highest BCUT2D eigenvalue weighted by molar-refractivity contribution is 6.29. The van der Waals surface area contributed by atoms with Gasteiger partial charge in [-0.1, -0.05) is 52.4 Å². The maximum Gasteiger partial charge on any atom is 0.253 e. The van der Waals surface area contributed by atoms with Crippen molar-refractivity contribution in [2.75, 3.05) is 19.6 Å². The molecule has 17 heteroatoms. The highest BCUT2D eigenvalue weighted by atomic mass is 35.5. The first-order valence-corrected chi connectivity index (χ1v) is 13.8. The Hall–Kier alpha value is -4.96. The number of likely N-dealkylation sites (tertiary alicyclic amines) is 1. The summed E-state index contributed by atoms with van der Waals surface area (Å²) in [6.45, 7) is 1.79. The van der Waals surface area contributed by atoms with Crippen LogP contribution in [0.4, 0.5) is 0 Å². The first-order chi connectivity index (χ1) is 20.8. The van der Waals surface area contributed by atoms with E-state index >= 15 is 0 Å². The molecule has 16 nitrogen and oxygen atoms in total. The van der Waals surface area contributed by atoms with Gasteiger partial charge in [-0.2, -0.15) is 0 Å². The number of guanidine groups is 1. The molecule has 226 valence electrons. The first-order valence-electron chi connectivity index (χ1n) is 13.4. The number of hydrogen-bond donors (Lipinski definition) is 6. The van der Waals surface area contributed by atoms with E-state index in [1.54, 1.807) is 29.2 Å². The third kappa shape index (κ3) is 6.76. The quantitative estimate of drug-likeness (QED) is 0.113. The number of amides is 2. The van der Waals surface area contributed by atoms with Gasteiger partial charge >= 0.3 is 0 Å². The average molecular weight is 610 g/mol. The number of piperidine rings is 1. The number of benzene rings is 2. The van der Waals surface area contributed by atoms with E-state index in [-0.39, 0.29) is 22.8 Å². The summed E-state index contributed by atoms with van der Waals surface area (Å²) in [6.07, 6.45) is 0.174. The lowest BCUT2D eigenvalue weighted by molar-refractivity contribution is -0.122. The van der Waals surface area contributed by atoms with Crippen molar-refractivity contribution in [1.29, 1.82) is 0 Å². The average Bonchev–Trinajstić information content (AvgIpc) is 3.32. The molecule has 0 aliphatic carbocycles. The second kappa shape index (κ2) is 12.9. The lowest BCUT2D eigenvalue weighted by Gasteiger charge is -2.37. The van der Waals surface area contributed by atoms with Crippen LogP contribution in [0.2, 0.25) is 0 Å². The monoisotopic (exact) mass is 609 g/mol. The molecule has 0 bridgehead atoms. The predicted octanol–water partition coefficient (Wildman–Crippen LogP) is 0.807. The molecule has 3 aliphatic heterocycles. The molecule has 3 heterocycles. The molecule has 1 fully saturated rings. The van der Waals surface area contributed by atoms with E-state index in [0.29, 0.717) is 50.4 Å². The number of nitrogens with zero attached hydrogens (tertiary/aromatic N) is 7. The molecule has 0 aromatic heterocycles. The van der Waals surface area contributed by atoms with Crippen LogP contribution in [0.15, 0.2) is 91.2 Å². The summed E-state index contributed by atoms with van der Waals surface area (Å²) in [6, 6.07) is 16.0. The van der Waals surface area contributed by atoms with Crippen molar-refractivity contribution in [1.82, 2.24) is 25.9 Å². The Morgan fingerprint density at radius 1 is 1.07 bits per heavy atom. The van der Waals surface area contributed by atoms with Gasteiger partial charge in [0.15, 0.2) is 12.0 Å². The fraction of sp³-hybridized carbons (Fsp3) is 0.346. The number of aliphatic imine (C=N–C) groups is 1. The van der Waals surface area contributed by atoms with Gasteiger partial charge in [0, 0.05) is 18.7 Å². The molecule has 9 N–H and O–H groups in total. The van der Waals surface area contributed by atoms with Crippen molar-refractivity contribution < 1.29 is 14.3 Å². The van der Waals surface area contributed by atoms with Crippen LogP contribution in [0.1, 0.15) is 28.8 Å². The van der Waals surface area contributed by atoms with E-state index in [0.717, 1.165) is 5.56 Å². The summed E-state index contributed by atoms with van der Waals surface area (Å²) in [5.74, 6) is 16.9. The van der Waals surface area contributed by atoms with Gasteiger partial charge in [0.05, 0.1) is 12.1 Å². The summed E-state index contributed by atoms with van der Waals surface area (Å²) in [5, 5.41) is 23.6. The Balaban J connectivity index is 1.17. The molecular weight excluding hydrogens is 578 g/mol. The van der Waals surface area contributed by atoms with E-state index in [1.165, 1.54) is 5.01 Å². The van der Waals surface area contributed by atoms with Gasteiger partial charge in [-0.05, 0) is 42.7 Å². The number of rotatable bonds is 7. The highest BCUT2D eigenvalue weighted by Gasteiger charge is 2.44. The van der Waals surface area contributed by atoms with Gasteiger partial charge in [0.1, 0.15) is 23.6 Å². The number of hydrazine groups is 1. The van der Waals surface area contributed by atoms with Gasteiger partial charge in [0.25, 0.3) is 11.8 Å². The van der Waals surface area contributed by atoms with Crippen LogP contribution < -0.4 is 38.2 Å². The largest absolute Gasteiger partial charge is 0.489 e. The second-order valence-electron chi connectivity index (χ2n) is 10.2. The first kappa shape index (κ1) is 29.5. The molecule has 5 rings (SSSR count). The van der Waals surface area contributed by atoms with Crippen LogP contribution in [0, 0.1) is 0 Å². The van der Waals surface area contributed by atoms with E-state index in [9.17, 15) is 9.59 Å². The van der Waals surface area contributed by atoms with Crippen LogP contribution in [0.25, 0.3) is 0 Å². The van der Waals surface area contributed by atoms with Gasteiger partial charge in [-0.15, -0.1) is 10.2 Å². The number of ether oxygens (including phenoxy) is 1. The third-order valence-corrected chi connectivity index (χ3v) is 7.66. The molecule has 2 unspecified atom stereocenters. The Labute approximate surface area is 252 Å². The Kier molecular flexibility index (Phi) is 8.87. The summed E-state index contributed by atoms with van der Waals surface area (Å²) in [5.41, 5.74) is 1.09. The van der Waals surface area contributed by atoms with Crippen molar-refractivity contribution in [2.45, 2.75) is 37.2 Å². The van der Waals surface area contributed by atoms with Crippen LogP contribution in [0.5, 0.6) is 5.75 Å². The SMILES string of the molecule is NN=NC1=C(Cl)NC(C(=O)NC2=NC3(CCN(C(=O)c4ccc(OCc5ccccc5)cc4)CC3)CN2N)C(N=NN)N1. The van der Waals surface area contributed by atoms with Crippen molar-refractivity contribution >= 4 is 29.4 Å². The number of nitrogens with one attached hydrogen (secondary N) is 3. The molecule has 1 saturated heterocycles. The van der Waals surface area contributed by atoms with Crippen molar-refractivity contribution in [3.8, 4) is 5.75 Å². The fourth-order valence-electron chi connectivity index (χ4n) is 5.09. The normalized spacial score (nSPS) is 21.6. The molecule has 1 spiro atoms. The molecule has 0 saturated carbocycles. The van der Waals surface area contributed by atoms with Gasteiger partial charge in [0.2, 0.25) is 5.96 Å². The molecule has 2 aromatic rings. The number of carbonyl (C=O) groups is 2. The topological polar surface area (TPSA) is 226 Å². The molecule has 2 amide bonds. The lowest BCUT2D eigenvalue weighted by atomic mass is 9.88. The minimum absolute atomic E-state index is 0.00125.